The SMILES string of the molecule is CCCC(C(=O)OC(C)(C)C)n1ccc(N)n1. The molecule has 1 rings (SSSR count). The van der Waals surface area contributed by atoms with Gasteiger partial charge in [-0.3, -0.25) is 4.68 Å². The predicted molar refractivity (Wildman–Crippen MR) is 66.4 cm³/mol. The molecule has 96 valence electrons. The predicted octanol–water partition coefficient (Wildman–Crippen LogP) is 2.15. The Morgan fingerprint density at radius 1 is 1.59 bits per heavy atom. The van der Waals surface area contributed by atoms with E-state index in [1.165, 1.54) is 0 Å². The number of aromatic nitrogens is 2. The zero-order valence-electron chi connectivity index (χ0n) is 10.9. The zero-order valence-corrected chi connectivity index (χ0v) is 10.9. The lowest BCUT2D eigenvalue weighted by atomic mass is 10.1. The van der Waals surface area contributed by atoms with Gasteiger partial charge in [-0.15, -0.1) is 0 Å². The number of carbonyl (C=O) groups excluding carboxylic acids is 1. The molecule has 0 saturated heterocycles. The summed E-state index contributed by atoms with van der Waals surface area (Å²) in [4.78, 5) is 12.0. The summed E-state index contributed by atoms with van der Waals surface area (Å²) in [5, 5.41) is 4.07. The van der Waals surface area contributed by atoms with Crippen LogP contribution in [0.4, 0.5) is 5.82 Å². The Bertz CT molecular complexity index is 379. The van der Waals surface area contributed by atoms with Crippen molar-refractivity contribution in [1.82, 2.24) is 9.78 Å². The summed E-state index contributed by atoms with van der Waals surface area (Å²) in [6.07, 6.45) is 3.28. The van der Waals surface area contributed by atoms with Crippen molar-refractivity contribution in [1.29, 1.82) is 0 Å². The molecule has 1 aromatic heterocycles. The second kappa shape index (κ2) is 5.21. The van der Waals surface area contributed by atoms with Gasteiger partial charge in [0.25, 0.3) is 0 Å². The van der Waals surface area contributed by atoms with E-state index in [1.807, 2.05) is 27.7 Å². The van der Waals surface area contributed by atoms with E-state index in [0.717, 1.165) is 6.42 Å². The van der Waals surface area contributed by atoms with E-state index in [1.54, 1.807) is 16.9 Å². The van der Waals surface area contributed by atoms with E-state index in [9.17, 15) is 4.79 Å². The third-order valence-corrected chi connectivity index (χ3v) is 2.19. The fourth-order valence-corrected chi connectivity index (χ4v) is 1.53. The lowest BCUT2D eigenvalue weighted by Gasteiger charge is -2.23. The van der Waals surface area contributed by atoms with Crippen molar-refractivity contribution < 1.29 is 9.53 Å². The van der Waals surface area contributed by atoms with Crippen molar-refractivity contribution in [3.05, 3.63) is 12.3 Å². The quantitative estimate of drug-likeness (QED) is 0.817. The second-order valence-corrected chi connectivity index (χ2v) is 5.06. The molecule has 5 heteroatoms. The van der Waals surface area contributed by atoms with Crippen LogP contribution in [0.15, 0.2) is 12.3 Å². The Kier molecular flexibility index (Phi) is 4.15. The molecule has 1 aromatic rings. The van der Waals surface area contributed by atoms with Gasteiger partial charge >= 0.3 is 5.97 Å². The van der Waals surface area contributed by atoms with Crippen LogP contribution in [-0.4, -0.2) is 21.4 Å². The fraction of sp³-hybridized carbons (Fsp3) is 0.667. The minimum Gasteiger partial charge on any atom is -0.458 e. The smallest absolute Gasteiger partial charge is 0.331 e. The van der Waals surface area contributed by atoms with E-state index in [0.29, 0.717) is 12.2 Å². The highest BCUT2D eigenvalue weighted by Crippen LogP contribution is 2.19. The molecule has 0 spiro atoms. The Balaban J connectivity index is 2.82. The zero-order chi connectivity index (χ0) is 13.1. The van der Waals surface area contributed by atoms with Gasteiger partial charge in [0.2, 0.25) is 0 Å². The van der Waals surface area contributed by atoms with Gasteiger partial charge in [0.15, 0.2) is 0 Å². The van der Waals surface area contributed by atoms with Crippen molar-refractivity contribution >= 4 is 11.8 Å². The summed E-state index contributed by atoms with van der Waals surface area (Å²) < 4.78 is 6.95. The number of nitrogens with zero attached hydrogens (tertiary/aromatic N) is 2. The highest BCUT2D eigenvalue weighted by molar-refractivity contribution is 5.74. The summed E-state index contributed by atoms with van der Waals surface area (Å²) in [6.45, 7) is 7.58. The van der Waals surface area contributed by atoms with Crippen LogP contribution in [0.5, 0.6) is 0 Å². The van der Waals surface area contributed by atoms with Crippen molar-refractivity contribution in [2.45, 2.75) is 52.2 Å². The third kappa shape index (κ3) is 4.09. The number of hydrogen-bond donors (Lipinski definition) is 1. The van der Waals surface area contributed by atoms with Gasteiger partial charge in [-0.25, -0.2) is 4.79 Å². The fourth-order valence-electron chi connectivity index (χ4n) is 1.53. The molecule has 0 aromatic carbocycles. The molecular formula is C12H21N3O2. The average molecular weight is 239 g/mol. The van der Waals surface area contributed by atoms with Crippen molar-refractivity contribution in [3.8, 4) is 0 Å². The van der Waals surface area contributed by atoms with E-state index >= 15 is 0 Å². The van der Waals surface area contributed by atoms with Crippen LogP contribution in [0.1, 0.15) is 46.6 Å². The molecule has 0 bridgehead atoms. The number of nitrogen functional groups attached to an aromatic ring is 1. The number of anilines is 1. The largest absolute Gasteiger partial charge is 0.458 e. The molecule has 0 saturated carbocycles. The topological polar surface area (TPSA) is 70.1 Å². The van der Waals surface area contributed by atoms with Gasteiger partial charge in [0, 0.05) is 6.20 Å². The maximum absolute atomic E-state index is 12.0. The Labute approximate surface area is 102 Å². The third-order valence-electron chi connectivity index (χ3n) is 2.19. The molecule has 0 fully saturated rings. The number of nitrogens with two attached hydrogens (primary N) is 1. The first-order chi connectivity index (χ1) is 7.83. The highest BCUT2D eigenvalue weighted by atomic mass is 16.6. The Morgan fingerprint density at radius 3 is 2.65 bits per heavy atom. The van der Waals surface area contributed by atoms with E-state index < -0.39 is 11.6 Å². The molecule has 1 atom stereocenters. The molecule has 0 aliphatic carbocycles. The Morgan fingerprint density at radius 2 is 2.24 bits per heavy atom. The summed E-state index contributed by atoms with van der Waals surface area (Å²) in [7, 11) is 0. The molecule has 0 radical (unpaired) electrons. The van der Waals surface area contributed by atoms with Crippen LogP contribution in [0.2, 0.25) is 0 Å². The van der Waals surface area contributed by atoms with Crippen molar-refractivity contribution in [2.75, 3.05) is 5.73 Å². The number of rotatable bonds is 4. The minimum absolute atomic E-state index is 0.262. The monoisotopic (exact) mass is 239 g/mol. The van der Waals surface area contributed by atoms with E-state index in [-0.39, 0.29) is 5.97 Å². The van der Waals surface area contributed by atoms with Crippen LogP contribution in [-0.2, 0) is 9.53 Å². The van der Waals surface area contributed by atoms with E-state index in [2.05, 4.69) is 5.10 Å². The average Bonchev–Trinajstić information content (AvgIpc) is 2.58. The van der Waals surface area contributed by atoms with Gasteiger partial charge in [-0.1, -0.05) is 13.3 Å². The normalized spacial score (nSPS) is 13.4. The second-order valence-electron chi connectivity index (χ2n) is 5.06. The summed E-state index contributed by atoms with van der Waals surface area (Å²) >= 11 is 0. The first-order valence-corrected chi connectivity index (χ1v) is 5.87. The summed E-state index contributed by atoms with van der Waals surface area (Å²) in [5.41, 5.74) is 5.07. The number of hydrogen-bond acceptors (Lipinski definition) is 4. The van der Waals surface area contributed by atoms with Gasteiger partial charge in [-0.2, -0.15) is 5.10 Å². The van der Waals surface area contributed by atoms with Crippen LogP contribution >= 0.6 is 0 Å². The standard InChI is InChI=1S/C12H21N3O2/c1-5-6-9(11(16)17-12(2,3)4)15-8-7-10(13)14-15/h7-9H,5-6H2,1-4H3,(H2,13,14). The number of carbonyl (C=O) groups is 1. The molecule has 1 unspecified atom stereocenters. The maximum Gasteiger partial charge on any atom is 0.331 e. The molecule has 1 heterocycles. The molecular weight excluding hydrogens is 218 g/mol. The first kappa shape index (κ1) is 13.5. The van der Waals surface area contributed by atoms with Gasteiger partial charge < -0.3 is 10.5 Å². The maximum atomic E-state index is 12.0. The van der Waals surface area contributed by atoms with Gasteiger partial charge in [0.05, 0.1) is 0 Å². The van der Waals surface area contributed by atoms with Crippen molar-refractivity contribution in [3.63, 3.8) is 0 Å². The van der Waals surface area contributed by atoms with Crippen molar-refractivity contribution in [2.24, 2.45) is 0 Å². The minimum atomic E-state index is -0.484. The van der Waals surface area contributed by atoms with Crippen LogP contribution < -0.4 is 5.73 Å². The molecule has 0 amide bonds. The number of esters is 1. The molecule has 2 N–H and O–H groups in total. The molecule has 0 aliphatic heterocycles. The van der Waals surface area contributed by atoms with Gasteiger partial charge in [0.1, 0.15) is 17.5 Å². The summed E-state index contributed by atoms with van der Waals surface area (Å²) in [5.74, 6) is 0.150. The molecule has 5 nitrogen and oxygen atoms in total. The van der Waals surface area contributed by atoms with Gasteiger partial charge in [-0.05, 0) is 33.3 Å². The van der Waals surface area contributed by atoms with Crippen LogP contribution in [0.25, 0.3) is 0 Å². The lowest BCUT2D eigenvalue weighted by molar-refractivity contribution is -0.159. The highest BCUT2D eigenvalue weighted by Gasteiger charge is 2.26. The molecule has 17 heavy (non-hydrogen) atoms. The van der Waals surface area contributed by atoms with Crippen LogP contribution in [0, 0.1) is 0 Å². The molecule has 0 aliphatic rings. The summed E-state index contributed by atoms with van der Waals surface area (Å²) in [6, 6.07) is 1.28. The van der Waals surface area contributed by atoms with Crippen LogP contribution in [0.3, 0.4) is 0 Å². The number of ether oxygens (including phenoxy) is 1. The Hall–Kier alpha value is -1.52. The van der Waals surface area contributed by atoms with E-state index in [4.69, 9.17) is 10.5 Å². The lowest BCUT2D eigenvalue weighted by Crippen LogP contribution is -2.30. The first-order valence-electron chi connectivity index (χ1n) is 5.87.